The van der Waals surface area contributed by atoms with E-state index in [4.69, 9.17) is 4.52 Å². The largest absolute Gasteiger partial charge is 0.433 e. The van der Waals surface area contributed by atoms with Gasteiger partial charge in [-0.15, -0.1) is 0 Å². The van der Waals surface area contributed by atoms with Crippen LogP contribution in [-0.2, 0) is 12.7 Å². The van der Waals surface area contributed by atoms with Crippen LogP contribution in [0.4, 0.5) is 19.0 Å². The maximum Gasteiger partial charge on any atom is 0.433 e. The van der Waals surface area contributed by atoms with Crippen molar-refractivity contribution in [1.82, 2.24) is 25.0 Å². The summed E-state index contributed by atoms with van der Waals surface area (Å²) in [7, 11) is 0. The molecule has 1 aliphatic rings. The van der Waals surface area contributed by atoms with Gasteiger partial charge in [0, 0.05) is 38.2 Å². The normalized spacial score (nSPS) is 16.3. The fraction of sp³-hybridized carbons (Fsp3) is 0.625. The van der Waals surface area contributed by atoms with Gasteiger partial charge in [-0.2, -0.15) is 18.2 Å². The second-order valence-corrected chi connectivity index (χ2v) is 7.33. The molecule has 3 heterocycles. The van der Waals surface area contributed by atoms with Gasteiger partial charge in [0.15, 0.2) is 16.7 Å². The van der Waals surface area contributed by atoms with Gasteiger partial charge in [-0.05, 0) is 6.26 Å². The first-order chi connectivity index (χ1) is 12.8. The van der Waals surface area contributed by atoms with E-state index in [9.17, 15) is 13.2 Å². The standard InChI is InChI=1S/C16H21F3N6OS/c1-10(2)14-22-13(26-23-14)9-24-4-6-25(7-5-24)12-8-11(16(17,18)19)20-15(21-12)27-3/h8,10H,4-7,9H2,1-3H3. The molecule has 27 heavy (non-hydrogen) atoms. The smallest absolute Gasteiger partial charge is 0.354 e. The summed E-state index contributed by atoms with van der Waals surface area (Å²) in [5.41, 5.74) is -0.911. The number of halogens is 3. The molecule has 0 N–H and O–H groups in total. The molecule has 0 unspecified atom stereocenters. The first kappa shape index (κ1) is 19.9. The van der Waals surface area contributed by atoms with Gasteiger partial charge in [0.05, 0.1) is 6.54 Å². The zero-order valence-corrected chi connectivity index (χ0v) is 16.1. The molecule has 7 nitrogen and oxygen atoms in total. The molecule has 3 rings (SSSR count). The zero-order valence-electron chi connectivity index (χ0n) is 15.3. The number of piperazine rings is 1. The summed E-state index contributed by atoms with van der Waals surface area (Å²) >= 11 is 1.10. The Morgan fingerprint density at radius 1 is 1.15 bits per heavy atom. The Morgan fingerprint density at radius 2 is 1.85 bits per heavy atom. The Balaban J connectivity index is 1.64. The van der Waals surface area contributed by atoms with Crippen molar-refractivity contribution in [2.45, 2.75) is 37.6 Å². The summed E-state index contributed by atoms with van der Waals surface area (Å²) in [5, 5.41) is 4.07. The van der Waals surface area contributed by atoms with Gasteiger partial charge < -0.3 is 9.42 Å². The van der Waals surface area contributed by atoms with Crippen LogP contribution < -0.4 is 4.90 Å². The Bertz CT molecular complexity index is 774. The van der Waals surface area contributed by atoms with E-state index in [-0.39, 0.29) is 11.1 Å². The summed E-state index contributed by atoms with van der Waals surface area (Å²) in [4.78, 5) is 16.1. The highest BCUT2D eigenvalue weighted by molar-refractivity contribution is 7.98. The van der Waals surface area contributed by atoms with E-state index in [2.05, 4.69) is 25.0 Å². The molecule has 2 aromatic rings. The summed E-state index contributed by atoms with van der Waals surface area (Å²) in [6.07, 6.45) is -2.83. The average Bonchev–Trinajstić information content (AvgIpc) is 3.10. The van der Waals surface area contributed by atoms with Gasteiger partial charge in [-0.1, -0.05) is 30.8 Å². The molecule has 0 aliphatic carbocycles. The number of hydrogen-bond donors (Lipinski definition) is 0. The third-order valence-corrected chi connectivity index (χ3v) is 4.77. The first-order valence-electron chi connectivity index (χ1n) is 8.56. The molecule has 1 fully saturated rings. The molecule has 0 saturated carbocycles. The minimum absolute atomic E-state index is 0.120. The fourth-order valence-electron chi connectivity index (χ4n) is 2.70. The van der Waals surface area contributed by atoms with Crippen LogP contribution in [0.15, 0.2) is 15.7 Å². The van der Waals surface area contributed by atoms with E-state index in [0.717, 1.165) is 17.8 Å². The number of thioether (sulfide) groups is 1. The van der Waals surface area contributed by atoms with Crippen molar-refractivity contribution in [1.29, 1.82) is 0 Å². The maximum atomic E-state index is 13.1. The van der Waals surface area contributed by atoms with Crippen LogP contribution in [0.1, 0.15) is 37.2 Å². The molecule has 0 amide bonds. The van der Waals surface area contributed by atoms with E-state index >= 15 is 0 Å². The molecule has 1 saturated heterocycles. The Kier molecular flexibility index (Phi) is 5.89. The SMILES string of the molecule is CSc1nc(N2CCN(Cc3nc(C(C)C)no3)CC2)cc(C(F)(F)F)n1. The summed E-state index contributed by atoms with van der Waals surface area (Å²) < 4.78 is 44.5. The second-order valence-electron chi connectivity index (χ2n) is 6.56. The van der Waals surface area contributed by atoms with Crippen molar-refractivity contribution in [3.8, 4) is 0 Å². The van der Waals surface area contributed by atoms with Crippen LogP contribution in [0.3, 0.4) is 0 Å². The van der Waals surface area contributed by atoms with Crippen molar-refractivity contribution < 1.29 is 17.7 Å². The average molecular weight is 402 g/mol. The van der Waals surface area contributed by atoms with Crippen LogP contribution in [-0.4, -0.2) is 57.4 Å². The van der Waals surface area contributed by atoms with E-state index in [0.29, 0.717) is 50.3 Å². The molecule has 11 heteroatoms. The highest BCUT2D eigenvalue weighted by atomic mass is 32.2. The van der Waals surface area contributed by atoms with Crippen molar-refractivity contribution >= 4 is 17.6 Å². The summed E-state index contributed by atoms with van der Waals surface area (Å²) in [5.74, 6) is 1.74. The van der Waals surface area contributed by atoms with Gasteiger partial charge in [-0.3, -0.25) is 4.90 Å². The van der Waals surface area contributed by atoms with Gasteiger partial charge in [0.1, 0.15) is 5.82 Å². The van der Waals surface area contributed by atoms with Crippen molar-refractivity contribution in [3.05, 3.63) is 23.5 Å². The van der Waals surface area contributed by atoms with Crippen molar-refractivity contribution in [2.24, 2.45) is 0 Å². The lowest BCUT2D eigenvalue weighted by Gasteiger charge is -2.34. The van der Waals surface area contributed by atoms with Crippen LogP contribution in [0, 0.1) is 0 Å². The van der Waals surface area contributed by atoms with Crippen LogP contribution in [0.5, 0.6) is 0 Å². The quantitative estimate of drug-likeness (QED) is 0.558. The van der Waals surface area contributed by atoms with E-state index < -0.39 is 11.9 Å². The summed E-state index contributed by atoms with van der Waals surface area (Å²) in [6.45, 7) is 6.97. The third kappa shape index (κ3) is 4.89. The molecule has 2 aromatic heterocycles. The molecule has 1 aliphatic heterocycles. The first-order valence-corrected chi connectivity index (χ1v) is 9.79. The topological polar surface area (TPSA) is 71.2 Å². The minimum Gasteiger partial charge on any atom is -0.354 e. The lowest BCUT2D eigenvalue weighted by atomic mass is 10.2. The van der Waals surface area contributed by atoms with Crippen LogP contribution >= 0.6 is 11.8 Å². The van der Waals surface area contributed by atoms with E-state index in [1.54, 1.807) is 6.26 Å². The maximum absolute atomic E-state index is 13.1. The van der Waals surface area contributed by atoms with Crippen LogP contribution in [0.25, 0.3) is 0 Å². The summed E-state index contributed by atoms with van der Waals surface area (Å²) in [6, 6.07) is 1.02. The number of nitrogens with zero attached hydrogens (tertiary/aromatic N) is 6. The molecule has 148 valence electrons. The van der Waals surface area contributed by atoms with Crippen molar-refractivity contribution in [3.63, 3.8) is 0 Å². The number of anilines is 1. The number of hydrogen-bond acceptors (Lipinski definition) is 8. The monoisotopic (exact) mass is 402 g/mol. The molecule has 0 spiro atoms. The minimum atomic E-state index is -4.49. The predicted molar refractivity (Wildman–Crippen MR) is 94.7 cm³/mol. The molecule has 0 atom stereocenters. The molecule has 0 bridgehead atoms. The van der Waals surface area contributed by atoms with Gasteiger partial charge in [0.25, 0.3) is 0 Å². The van der Waals surface area contributed by atoms with E-state index in [1.807, 2.05) is 18.7 Å². The van der Waals surface area contributed by atoms with Crippen LogP contribution in [0.2, 0.25) is 0 Å². The van der Waals surface area contributed by atoms with Crippen molar-refractivity contribution in [2.75, 3.05) is 37.3 Å². The Labute approximate surface area is 159 Å². The van der Waals surface area contributed by atoms with Gasteiger partial charge >= 0.3 is 6.18 Å². The molecule has 0 radical (unpaired) electrons. The highest BCUT2D eigenvalue weighted by Gasteiger charge is 2.34. The number of rotatable bonds is 5. The lowest BCUT2D eigenvalue weighted by Crippen LogP contribution is -2.46. The number of aromatic nitrogens is 4. The highest BCUT2D eigenvalue weighted by Crippen LogP contribution is 2.31. The third-order valence-electron chi connectivity index (χ3n) is 4.22. The van der Waals surface area contributed by atoms with Gasteiger partial charge in [-0.25, -0.2) is 9.97 Å². The Morgan fingerprint density at radius 3 is 2.41 bits per heavy atom. The second kappa shape index (κ2) is 8.01. The van der Waals surface area contributed by atoms with E-state index in [1.165, 1.54) is 0 Å². The van der Waals surface area contributed by atoms with Gasteiger partial charge in [0.2, 0.25) is 5.89 Å². The number of alkyl halides is 3. The fourth-order valence-corrected chi connectivity index (χ4v) is 3.08. The molecular weight excluding hydrogens is 381 g/mol. The predicted octanol–water partition coefficient (Wildman–Crippen LogP) is 3.05. The Hall–Kier alpha value is -1.88. The molecular formula is C16H21F3N6OS. The zero-order chi connectivity index (χ0) is 19.6. The lowest BCUT2D eigenvalue weighted by molar-refractivity contribution is -0.141. The molecule has 0 aromatic carbocycles.